The molecule has 0 atom stereocenters. The lowest BCUT2D eigenvalue weighted by molar-refractivity contribution is -0.131. The first-order valence-electron chi connectivity index (χ1n) is 8.85. The maximum Gasteiger partial charge on any atom is 0.333 e. The Bertz CT molecular complexity index is 949. The molecule has 0 aliphatic carbocycles. The summed E-state index contributed by atoms with van der Waals surface area (Å²) in [6.45, 7) is 4.44. The van der Waals surface area contributed by atoms with Crippen LogP contribution < -0.4 is 17.0 Å². The van der Waals surface area contributed by atoms with Gasteiger partial charge in [0.1, 0.15) is 16.8 Å². The third-order valence-electron chi connectivity index (χ3n) is 4.53. The first kappa shape index (κ1) is 21.0. The maximum atomic E-state index is 12.7. The Hall–Kier alpha value is -2.35. The van der Waals surface area contributed by atoms with Crippen molar-refractivity contribution in [2.24, 2.45) is 0 Å². The molecule has 1 heterocycles. The maximum absolute atomic E-state index is 12.7. The second-order valence-electron chi connectivity index (χ2n) is 6.55. The second kappa shape index (κ2) is 9.03. The SMILES string of the molecule is CCCCn1c(N)c(Br)c(=O)n(CC(=O)N(C)Cc2ccccc2C)c1=O. The molecule has 2 aromatic rings. The van der Waals surface area contributed by atoms with E-state index in [2.05, 4.69) is 15.9 Å². The average Bonchev–Trinajstić information content (AvgIpc) is 2.65. The minimum atomic E-state index is -0.595. The van der Waals surface area contributed by atoms with Gasteiger partial charge in [-0.1, -0.05) is 37.6 Å². The largest absolute Gasteiger partial charge is 0.384 e. The highest BCUT2D eigenvalue weighted by molar-refractivity contribution is 9.10. The summed E-state index contributed by atoms with van der Waals surface area (Å²) >= 11 is 3.15. The lowest BCUT2D eigenvalue weighted by atomic mass is 10.1. The molecule has 0 fully saturated rings. The molecule has 146 valence electrons. The Morgan fingerprint density at radius 1 is 1.22 bits per heavy atom. The quantitative estimate of drug-likeness (QED) is 0.719. The number of unbranched alkanes of at least 4 members (excludes halogenated alkanes) is 1. The first-order chi connectivity index (χ1) is 12.8. The topological polar surface area (TPSA) is 90.3 Å². The van der Waals surface area contributed by atoms with Crippen LogP contribution in [0.2, 0.25) is 0 Å². The Labute approximate surface area is 166 Å². The molecule has 0 bridgehead atoms. The van der Waals surface area contributed by atoms with Gasteiger partial charge in [-0.3, -0.25) is 14.2 Å². The summed E-state index contributed by atoms with van der Waals surface area (Å²) in [7, 11) is 1.65. The van der Waals surface area contributed by atoms with Gasteiger partial charge in [0.15, 0.2) is 0 Å². The number of carbonyl (C=O) groups excluding carboxylic acids is 1. The molecule has 0 radical (unpaired) electrons. The molecule has 2 rings (SSSR count). The van der Waals surface area contributed by atoms with E-state index in [0.29, 0.717) is 13.1 Å². The number of carbonyl (C=O) groups is 1. The minimum Gasteiger partial charge on any atom is -0.384 e. The third-order valence-corrected chi connectivity index (χ3v) is 5.28. The molecule has 0 saturated heterocycles. The zero-order valence-electron chi connectivity index (χ0n) is 15.9. The summed E-state index contributed by atoms with van der Waals surface area (Å²) in [6.07, 6.45) is 1.62. The Kier molecular flexibility index (Phi) is 7.01. The highest BCUT2D eigenvalue weighted by Gasteiger charge is 2.19. The monoisotopic (exact) mass is 436 g/mol. The number of nitrogens with two attached hydrogens (primary N) is 1. The highest BCUT2D eigenvalue weighted by atomic mass is 79.9. The Morgan fingerprint density at radius 2 is 1.89 bits per heavy atom. The highest BCUT2D eigenvalue weighted by Crippen LogP contribution is 2.13. The number of amides is 1. The van der Waals surface area contributed by atoms with Crippen LogP contribution in [-0.4, -0.2) is 27.0 Å². The van der Waals surface area contributed by atoms with Crippen molar-refractivity contribution in [1.29, 1.82) is 0 Å². The number of aromatic nitrogens is 2. The van der Waals surface area contributed by atoms with Crippen LogP contribution in [0.4, 0.5) is 5.82 Å². The van der Waals surface area contributed by atoms with Crippen molar-refractivity contribution in [2.75, 3.05) is 12.8 Å². The summed E-state index contributed by atoms with van der Waals surface area (Å²) in [5.74, 6) is -0.230. The third kappa shape index (κ3) is 4.68. The number of rotatable bonds is 7. The molecule has 0 aliphatic heterocycles. The van der Waals surface area contributed by atoms with E-state index in [0.717, 1.165) is 28.5 Å². The zero-order chi connectivity index (χ0) is 20.1. The molecule has 1 amide bonds. The van der Waals surface area contributed by atoms with Crippen LogP contribution in [0.15, 0.2) is 38.3 Å². The van der Waals surface area contributed by atoms with E-state index in [1.807, 2.05) is 38.1 Å². The van der Waals surface area contributed by atoms with Gasteiger partial charge in [-0.25, -0.2) is 9.36 Å². The van der Waals surface area contributed by atoms with Gasteiger partial charge in [-0.2, -0.15) is 0 Å². The summed E-state index contributed by atoms with van der Waals surface area (Å²) in [5, 5.41) is 0. The number of benzene rings is 1. The summed E-state index contributed by atoms with van der Waals surface area (Å²) < 4.78 is 2.38. The van der Waals surface area contributed by atoms with E-state index >= 15 is 0 Å². The molecule has 0 saturated carbocycles. The number of aryl methyl sites for hydroxylation is 1. The first-order valence-corrected chi connectivity index (χ1v) is 9.64. The lowest BCUT2D eigenvalue weighted by Gasteiger charge is -2.20. The molecule has 0 aliphatic rings. The van der Waals surface area contributed by atoms with Crippen molar-refractivity contribution in [3.63, 3.8) is 0 Å². The zero-order valence-corrected chi connectivity index (χ0v) is 17.5. The van der Waals surface area contributed by atoms with Gasteiger partial charge >= 0.3 is 5.69 Å². The van der Waals surface area contributed by atoms with Crippen molar-refractivity contribution in [1.82, 2.24) is 14.0 Å². The van der Waals surface area contributed by atoms with Gasteiger partial charge in [0.25, 0.3) is 5.56 Å². The molecule has 1 aromatic carbocycles. The molecule has 0 spiro atoms. The van der Waals surface area contributed by atoms with E-state index in [4.69, 9.17) is 5.73 Å². The summed E-state index contributed by atoms with van der Waals surface area (Å²) in [4.78, 5) is 39.3. The molecular formula is C19H25BrN4O3. The van der Waals surface area contributed by atoms with E-state index < -0.39 is 11.2 Å². The van der Waals surface area contributed by atoms with Gasteiger partial charge in [0, 0.05) is 20.1 Å². The second-order valence-corrected chi connectivity index (χ2v) is 7.35. The number of anilines is 1. The smallest absolute Gasteiger partial charge is 0.333 e. The molecular weight excluding hydrogens is 412 g/mol. The number of likely N-dealkylation sites (N-methyl/N-ethyl adjacent to an activating group) is 1. The lowest BCUT2D eigenvalue weighted by Crippen LogP contribution is -2.45. The van der Waals surface area contributed by atoms with Gasteiger partial charge in [0.05, 0.1) is 0 Å². The van der Waals surface area contributed by atoms with Gasteiger partial charge in [0.2, 0.25) is 5.91 Å². The van der Waals surface area contributed by atoms with Crippen molar-refractivity contribution in [3.8, 4) is 0 Å². The Balaban J connectivity index is 2.29. The van der Waals surface area contributed by atoms with Crippen molar-refractivity contribution < 1.29 is 4.79 Å². The van der Waals surface area contributed by atoms with E-state index in [1.165, 1.54) is 9.47 Å². The van der Waals surface area contributed by atoms with Crippen molar-refractivity contribution in [2.45, 2.75) is 46.3 Å². The normalized spacial score (nSPS) is 10.8. The fourth-order valence-corrected chi connectivity index (χ4v) is 3.17. The predicted octanol–water partition coefficient (Wildman–Crippen LogP) is 2.12. The van der Waals surface area contributed by atoms with Crippen LogP contribution in [0, 0.1) is 6.92 Å². The number of halogens is 1. The van der Waals surface area contributed by atoms with E-state index in [9.17, 15) is 14.4 Å². The molecule has 2 N–H and O–H groups in total. The van der Waals surface area contributed by atoms with Gasteiger partial charge < -0.3 is 10.6 Å². The molecule has 1 aromatic heterocycles. The molecule has 7 nitrogen and oxygen atoms in total. The fourth-order valence-electron chi connectivity index (χ4n) is 2.74. The standard InChI is InChI=1S/C19H25BrN4O3/c1-4-5-10-23-17(21)16(20)18(26)24(19(23)27)12-15(25)22(3)11-14-9-7-6-8-13(14)2/h6-9H,4-5,10-12,21H2,1-3H3. The minimum absolute atomic E-state index is 0.0930. The average molecular weight is 437 g/mol. The van der Waals surface area contributed by atoms with E-state index in [-0.39, 0.29) is 22.7 Å². The number of hydrogen-bond acceptors (Lipinski definition) is 4. The van der Waals surface area contributed by atoms with Crippen LogP contribution in [0.25, 0.3) is 0 Å². The summed E-state index contributed by atoms with van der Waals surface area (Å²) in [5.41, 5.74) is 6.84. The van der Waals surface area contributed by atoms with Crippen LogP contribution >= 0.6 is 15.9 Å². The molecule has 27 heavy (non-hydrogen) atoms. The number of nitrogen functional groups attached to an aromatic ring is 1. The molecule has 8 heteroatoms. The van der Waals surface area contributed by atoms with Gasteiger partial charge in [-0.05, 0) is 40.4 Å². The van der Waals surface area contributed by atoms with Gasteiger partial charge in [-0.15, -0.1) is 0 Å². The number of hydrogen-bond donors (Lipinski definition) is 1. The van der Waals surface area contributed by atoms with Crippen molar-refractivity contribution >= 4 is 27.7 Å². The predicted molar refractivity (Wildman–Crippen MR) is 110 cm³/mol. The number of nitrogens with zero attached hydrogens (tertiary/aromatic N) is 3. The molecule has 0 unspecified atom stereocenters. The van der Waals surface area contributed by atoms with Crippen LogP contribution in [0.3, 0.4) is 0 Å². The summed E-state index contributed by atoms with van der Waals surface area (Å²) in [6, 6.07) is 7.77. The fraction of sp³-hybridized carbons (Fsp3) is 0.421. The van der Waals surface area contributed by atoms with Crippen LogP contribution in [0.1, 0.15) is 30.9 Å². The van der Waals surface area contributed by atoms with E-state index in [1.54, 1.807) is 7.05 Å². The Morgan fingerprint density at radius 3 is 2.52 bits per heavy atom. The van der Waals surface area contributed by atoms with Crippen LogP contribution in [-0.2, 0) is 24.4 Å². The van der Waals surface area contributed by atoms with Crippen molar-refractivity contribution in [3.05, 3.63) is 60.7 Å². The van der Waals surface area contributed by atoms with Crippen LogP contribution in [0.5, 0.6) is 0 Å².